The third kappa shape index (κ3) is 5.33. The smallest absolute Gasteiger partial charge is 0.264 e. The number of ether oxygens (including phenoxy) is 1. The van der Waals surface area contributed by atoms with Crippen molar-refractivity contribution in [1.82, 2.24) is 4.90 Å². The fraction of sp³-hybridized carbons (Fsp3) is 0.435. The van der Waals surface area contributed by atoms with E-state index >= 15 is 0 Å². The summed E-state index contributed by atoms with van der Waals surface area (Å²) in [6, 6.07) is 13.6. The quantitative estimate of drug-likeness (QED) is 0.631. The molecule has 0 heterocycles. The van der Waals surface area contributed by atoms with Gasteiger partial charge in [-0.3, -0.25) is 9.10 Å². The topological polar surface area (TPSA) is 66.9 Å². The normalized spacial score (nSPS) is 11.8. The fourth-order valence-corrected chi connectivity index (χ4v) is 4.54. The van der Waals surface area contributed by atoms with Crippen LogP contribution < -0.4 is 9.04 Å². The molecule has 2 rings (SSSR count). The highest BCUT2D eigenvalue weighted by atomic mass is 32.2. The highest BCUT2D eigenvalue weighted by Gasteiger charge is 2.29. The summed E-state index contributed by atoms with van der Waals surface area (Å²) in [5.41, 5.74) is 1.33. The molecule has 164 valence electrons. The average Bonchev–Trinajstić information content (AvgIpc) is 2.72. The summed E-state index contributed by atoms with van der Waals surface area (Å²) in [6.07, 6.45) is 0. The predicted molar refractivity (Wildman–Crippen MR) is 121 cm³/mol. The molecule has 0 aliphatic carbocycles. The van der Waals surface area contributed by atoms with E-state index in [4.69, 9.17) is 4.74 Å². The maximum atomic E-state index is 13.5. The van der Waals surface area contributed by atoms with Crippen molar-refractivity contribution in [3.05, 3.63) is 54.1 Å². The summed E-state index contributed by atoms with van der Waals surface area (Å²) in [5.74, 6) is 0.267. The van der Waals surface area contributed by atoms with Crippen LogP contribution in [0.2, 0.25) is 0 Å². The molecule has 30 heavy (non-hydrogen) atoms. The third-order valence-electron chi connectivity index (χ3n) is 5.04. The highest BCUT2D eigenvalue weighted by Crippen LogP contribution is 2.29. The zero-order valence-electron chi connectivity index (χ0n) is 18.7. The summed E-state index contributed by atoms with van der Waals surface area (Å²) in [7, 11) is -2.44. The Labute approximate surface area is 180 Å². The van der Waals surface area contributed by atoms with Gasteiger partial charge in [-0.25, -0.2) is 8.42 Å². The first-order valence-corrected chi connectivity index (χ1v) is 11.5. The largest absolute Gasteiger partial charge is 0.497 e. The van der Waals surface area contributed by atoms with Crippen LogP contribution in [0.15, 0.2) is 53.4 Å². The van der Waals surface area contributed by atoms with Crippen LogP contribution in [-0.4, -0.2) is 46.0 Å². The number of amides is 1. The van der Waals surface area contributed by atoms with Gasteiger partial charge >= 0.3 is 0 Å². The second-order valence-electron chi connectivity index (χ2n) is 8.05. The molecule has 0 bridgehead atoms. The molecule has 0 unspecified atom stereocenters. The standard InChI is InChI=1S/C23H32N2O4S/c1-7-24(8-2)22(26)17-25(19-10-9-11-20(16-19)29-6)30(27,28)21-14-12-18(13-15-21)23(3,4)5/h9-16H,7-8,17H2,1-6H3. The van der Waals surface area contributed by atoms with Gasteiger partial charge in [-0.15, -0.1) is 0 Å². The Hall–Kier alpha value is -2.54. The first kappa shape index (κ1) is 23.7. The van der Waals surface area contributed by atoms with Crippen LogP contribution >= 0.6 is 0 Å². The maximum Gasteiger partial charge on any atom is 0.264 e. The number of rotatable bonds is 8. The van der Waals surface area contributed by atoms with Crippen LogP contribution in [0.4, 0.5) is 5.69 Å². The van der Waals surface area contributed by atoms with Gasteiger partial charge in [-0.1, -0.05) is 39.0 Å². The van der Waals surface area contributed by atoms with E-state index in [2.05, 4.69) is 20.8 Å². The molecule has 0 N–H and O–H groups in total. The number of sulfonamides is 1. The van der Waals surface area contributed by atoms with Crippen LogP contribution in [-0.2, 0) is 20.2 Å². The van der Waals surface area contributed by atoms with Gasteiger partial charge in [-0.2, -0.15) is 0 Å². The van der Waals surface area contributed by atoms with E-state index in [1.54, 1.807) is 41.3 Å². The van der Waals surface area contributed by atoms with Gasteiger partial charge < -0.3 is 9.64 Å². The zero-order valence-corrected chi connectivity index (χ0v) is 19.5. The molecule has 0 radical (unpaired) electrons. The van der Waals surface area contributed by atoms with E-state index in [1.165, 1.54) is 7.11 Å². The minimum absolute atomic E-state index is 0.0898. The Kier molecular flexibility index (Phi) is 7.53. The molecule has 7 heteroatoms. The van der Waals surface area contributed by atoms with Gasteiger partial charge in [0, 0.05) is 19.2 Å². The molecule has 0 saturated carbocycles. The lowest BCUT2D eigenvalue weighted by molar-refractivity contribution is -0.129. The Morgan fingerprint density at radius 3 is 2.10 bits per heavy atom. The lowest BCUT2D eigenvalue weighted by Gasteiger charge is -2.28. The SMILES string of the molecule is CCN(CC)C(=O)CN(c1cccc(OC)c1)S(=O)(=O)c1ccc(C(C)(C)C)cc1. The Morgan fingerprint density at radius 1 is 1.00 bits per heavy atom. The van der Waals surface area contributed by atoms with E-state index in [-0.39, 0.29) is 22.8 Å². The number of likely N-dealkylation sites (N-methyl/N-ethyl adjacent to an activating group) is 1. The van der Waals surface area contributed by atoms with Gasteiger partial charge in [-0.05, 0) is 49.1 Å². The molecule has 2 aromatic rings. The van der Waals surface area contributed by atoms with E-state index < -0.39 is 10.0 Å². The predicted octanol–water partition coefficient (Wildman–Crippen LogP) is 4.06. The number of anilines is 1. The van der Waals surface area contributed by atoms with E-state index in [1.807, 2.05) is 26.0 Å². The number of hydrogen-bond donors (Lipinski definition) is 0. The number of carbonyl (C=O) groups excluding carboxylic acids is 1. The zero-order chi connectivity index (χ0) is 22.5. The first-order valence-electron chi connectivity index (χ1n) is 10.1. The van der Waals surface area contributed by atoms with Crippen LogP contribution in [0.1, 0.15) is 40.2 Å². The Bertz CT molecular complexity index is 959. The van der Waals surface area contributed by atoms with Crippen molar-refractivity contribution in [2.75, 3.05) is 31.0 Å². The summed E-state index contributed by atoms with van der Waals surface area (Å²) < 4.78 is 33.5. The average molecular weight is 433 g/mol. The molecule has 6 nitrogen and oxygen atoms in total. The van der Waals surface area contributed by atoms with Crippen molar-refractivity contribution in [2.45, 2.75) is 44.9 Å². The number of nitrogens with zero attached hydrogens (tertiary/aromatic N) is 2. The second kappa shape index (κ2) is 9.51. The van der Waals surface area contributed by atoms with Gasteiger partial charge in [0.25, 0.3) is 10.0 Å². The molecule has 1 amide bonds. The molecular weight excluding hydrogens is 400 g/mol. The molecular formula is C23H32N2O4S. The monoisotopic (exact) mass is 432 g/mol. The number of benzene rings is 2. The molecule has 0 aliphatic rings. The van der Waals surface area contributed by atoms with Crippen molar-refractivity contribution in [3.8, 4) is 5.75 Å². The molecule has 0 fully saturated rings. The minimum Gasteiger partial charge on any atom is -0.497 e. The van der Waals surface area contributed by atoms with Gasteiger partial charge in [0.1, 0.15) is 12.3 Å². The molecule has 0 aromatic heterocycles. The van der Waals surface area contributed by atoms with Crippen LogP contribution in [0.5, 0.6) is 5.75 Å². The van der Waals surface area contributed by atoms with E-state index in [0.717, 1.165) is 9.87 Å². The molecule has 0 saturated heterocycles. The van der Waals surface area contributed by atoms with Crippen molar-refractivity contribution in [2.24, 2.45) is 0 Å². The third-order valence-corrected chi connectivity index (χ3v) is 6.83. The van der Waals surface area contributed by atoms with E-state index in [0.29, 0.717) is 24.5 Å². The number of carbonyl (C=O) groups is 1. The van der Waals surface area contributed by atoms with Crippen molar-refractivity contribution in [1.29, 1.82) is 0 Å². The number of methoxy groups -OCH3 is 1. The molecule has 0 spiro atoms. The van der Waals surface area contributed by atoms with E-state index in [9.17, 15) is 13.2 Å². The summed E-state index contributed by atoms with van der Waals surface area (Å²) in [4.78, 5) is 14.6. The first-order chi connectivity index (χ1) is 14.0. The fourth-order valence-electron chi connectivity index (χ4n) is 3.13. The summed E-state index contributed by atoms with van der Waals surface area (Å²) in [6.45, 7) is 10.7. The van der Waals surface area contributed by atoms with Gasteiger partial charge in [0.05, 0.1) is 17.7 Å². The molecule has 0 atom stereocenters. The summed E-state index contributed by atoms with van der Waals surface area (Å²) >= 11 is 0. The maximum absolute atomic E-state index is 13.5. The number of hydrogen-bond acceptors (Lipinski definition) is 4. The van der Waals surface area contributed by atoms with Gasteiger partial charge in [0.15, 0.2) is 0 Å². The lowest BCUT2D eigenvalue weighted by Crippen LogP contribution is -2.43. The van der Waals surface area contributed by atoms with Gasteiger partial charge in [0.2, 0.25) is 5.91 Å². The minimum atomic E-state index is -3.96. The second-order valence-corrected chi connectivity index (χ2v) is 9.92. The van der Waals surface area contributed by atoms with Crippen LogP contribution in [0.25, 0.3) is 0 Å². The Balaban J connectivity index is 2.52. The van der Waals surface area contributed by atoms with Crippen molar-refractivity contribution >= 4 is 21.6 Å². The van der Waals surface area contributed by atoms with Crippen LogP contribution in [0, 0.1) is 0 Å². The van der Waals surface area contributed by atoms with Crippen molar-refractivity contribution < 1.29 is 17.9 Å². The van der Waals surface area contributed by atoms with Crippen LogP contribution in [0.3, 0.4) is 0 Å². The van der Waals surface area contributed by atoms with Crippen molar-refractivity contribution in [3.63, 3.8) is 0 Å². The molecule has 2 aromatic carbocycles. The Morgan fingerprint density at radius 2 is 1.60 bits per heavy atom. The highest BCUT2D eigenvalue weighted by molar-refractivity contribution is 7.92. The lowest BCUT2D eigenvalue weighted by atomic mass is 9.87. The summed E-state index contributed by atoms with van der Waals surface area (Å²) in [5, 5.41) is 0. The molecule has 0 aliphatic heterocycles.